The fraction of sp³-hybridized carbons (Fsp3) is 0.391. The van der Waals surface area contributed by atoms with Gasteiger partial charge in [-0.1, -0.05) is 12.1 Å². The Morgan fingerprint density at radius 3 is 2.63 bits per heavy atom. The summed E-state index contributed by atoms with van der Waals surface area (Å²) < 4.78 is 46.7. The van der Waals surface area contributed by atoms with E-state index in [0.29, 0.717) is 16.4 Å². The number of carboxylic acid groups (broad SMARTS) is 1. The van der Waals surface area contributed by atoms with E-state index in [9.17, 15) is 27.9 Å². The van der Waals surface area contributed by atoms with E-state index in [1.165, 1.54) is 47.6 Å². The summed E-state index contributed by atoms with van der Waals surface area (Å²) in [5, 5.41) is 14.9. The van der Waals surface area contributed by atoms with Crippen LogP contribution in [0.25, 0.3) is 0 Å². The molecule has 1 unspecified atom stereocenters. The van der Waals surface area contributed by atoms with Gasteiger partial charge in [-0.15, -0.1) is 11.3 Å². The summed E-state index contributed by atoms with van der Waals surface area (Å²) in [5.41, 5.74) is -0.568. The number of thiazole rings is 1. The van der Waals surface area contributed by atoms with Crippen molar-refractivity contribution < 1.29 is 32.6 Å². The number of carbonyl (C=O) groups is 2. The predicted molar refractivity (Wildman–Crippen MR) is 122 cm³/mol. The molecule has 0 spiro atoms. The first kappa shape index (κ1) is 24.9. The number of methoxy groups -OCH3 is 1. The molecule has 0 aliphatic carbocycles. The van der Waals surface area contributed by atoms with Crippen LogP contribution in [0.2, 0.25) is 0 Å². The third-order valence-electron chi connectivity index (χ3n) is 6.17. The van der Waals surface area contributed by atoms with Crippen molar-refractivity contribution in [1.29, 1.82) is 0 Å². The smallest absolute Gasteiger partial charge is 0.338 e. The molecule has 2 aromatic rings. The molecule has 2 aliphatic rings. The fourth-order valence-electron chi connectivity index (χ4n) is 4.39. The Bertz CT molecular complexity index is 1180. The minimum absolute atomic E-state index is 0.0633. The van der Waals surface area contributed by atoms with Crippen molar-refractivity contribution in [3.63, 3.8) is 0 Å². The number of alkyl halides is 2. The number of piperidine rings is 1. The van der Waals surface area contributed by atoms with E-state index < -0.39 is 48.1 Å². The van der Waals surface area contributed by atoms with Gasteiger partial charge in [0.15, 0.2) is 10.8 Å². The van der Waals surface area contributed by atoms with Gasteiger partial charge in [-0.2, -0.15) is 0 Å². The molecule has 1 aromatic carbocycles. The highest BCUT2D eigenvalue weighted by Gasteiger charge is 2.46. The molecule has 8 nitrogen and oxygen atoms in total. The zero-order valence-corrected chi connectivity index (χ0v) is 19.7. The number of aromatic nitrogens is 1. The standard InChI is InChI=1S/C23H23F3N4O4S/c1-22(13-3-5-14(24)6-4-13)17(21(33)34-2)15(28-18(29-22)19-27-8-10-35-19)12-30-9-7-23(25,26)11-16(30)20(31)32/h3-6,8,10,16H,7,9,11-12H2,1-2H3,(H,28,29)(H,31,32)/t16?,22-/m0/s1. The molecular formula is C23H23F3N4O4S. The normalized spacial score (nSPS) is 24.5. The summed E-state index contributed by atoms with van der Waals surface area (Å²) in [6.07, 6.45) is 0.220. The van der Waals surface area contributed by atoms with E-state index >= 15 is 0 Å². The zero-order chi connectivity index (χ0) is 25.4. The summed E-state index contributed by atoms with van der Waals surface area (Å²) in [4.78, 5) is 35.3. The van der Waals surface area contributed by atoms with E-state index in [2.05, 4.69) is 10.3 Å². The number of likely N-dealkylation sites (tertiary alicyclic amines) is 1. The van der Waals surface area contributed by atoms with Gasteiger partial charge in [0.2, 0.25) is 0 Å². The number of rotatable bonds is 6. The van der Waals surface area contributed by atoms with Gasteiger partial charge in [0, 0.05) is 43.2 Å². The number of ether oxygens (including phenoxy) is 1. The van der Waals surface area contributed by atoms with Crippen molar-refractivity contribution in [1.82, 2.24) is 15.2 Å². The summed E-state index contributed by atoms with van der Waals surface area (Å²) in [6.45, 7) is 1.30. The molecular weight excluding hydrogens is 485 g/mol. The van der Waals surface area contributed by atoms with Crippen LogP contribution < -0.4 is 5.32 Å². The van der Waals surface area contributed by atoms with E-state index in [4.69, 9.17) is 9.73 Å². The van der Waals surface area contributed by atoms with Gasteiger partial charge in [-0.3, -0.25) is 9.69 Å². The van der Waals surface area contributed by atoms with Crippen molar-refractivity contribution in [3.8, 4) is 0 Å². The lowest BCUT2D eigenvalue weighted by atomic mass is 9.82. The molecule has 35 heavy (non-hydrogen) atoms. The highest BCUT2D eigenvalue weighted by atomic mass is 32.1. The summed E-state index contributed by atoms with van der Waals surface area (Å²) in [5.74, 6) is -5.39. The number of amidine groups is 1. The summed E-state index contributed by atoms with van der Waals surface area (Å²) >= 11 is 1.29. The van der Waals surface area contributed by atoms with Crippen LogP contribution in [0.1, 0.15) is 30.3 Å². The van der Waals surface area contributed by atoms with Crippen molar-refractivity contribution in [2.24, 2.45) is 4.99 Å². The molecule has 1 fully saturated rings. The number of halogens is 3. The van der Waals surface area contributed by atoms with Crippen molar-refractivity contribution in [3.05, 3.63) is 63.5 Å². The minimum atomic E-state index is -3.10. The maximum absolute atomic E-state index is 14.0. The molecule has 4 rings (SSSR count). The molecule has 0 saturated carbocycles. The van der Waals surface area contributed by atoms with Gasteiger partial charge in [-0.05, 0) is 24.6 Å². The molecule has 12 heteroatoms. The van der Waals surface area contributed by atoms with Crippen molar-refractivity contribution in [2.75, 3.05) is 20.2 Å². The Labute approximate surface area is 203 Å². The van der Waals surface area contributed by atoms with Gasteiger partial charge in [0.1, 0.15) is 17.4 Å². The molecule has 186 valence electrons. The number of carboxylic acids is 1. The molecule has 2 atom stereocenters. The number of carbonyl (C=O) groups excluding carboxylic acids is 1. The average Bonchev–Trinajstić information content (AvgIpc) is 3.35. The van der Waals surface area contributed by atoms with Gasteiger partial charge >= 0.3 is 11.9 Å². The largest absolute Gasteiger partial charge is 0.480 e. The number of nitrogens with zero attached hydrogens (tertiary/aromatic N) is 3. The second kappa shape index (κ2) is 9.42. The lowest BCUT2D eigenvalue weighted by Gasteiger charge is -2.40. The van der Waals surface area contributed by atoms with Crippen LogP contribution in [0.4, 0.5) is 13.2 Å². The lowest BCUT2D eigenvalue weighted by Crippen LogP contribution is -2.53. The van der Waals surface area contributed by atoms with Crippen LogP contribution in [-0.2, 0) is 19.9 Å². The van der Waals surface area contributed by atoms with Crippen LogP contribution in [-0.4, -0.2) is 64.9 Å². The number of hydrogen-bond donors (Lipinski definition) is 2. The average molecular weight is 509 g/mol. The molecule has 0 amide bonds. The van der Waals surface area contributed by atoms with Crippen LogP contribution in [0.5, 0.6) is 0 Å². The lowest BCUT2D eigenvalue weighted by molar-refractivity contribution is -0.153. The molecule has 0 bridgehead atoms. The third-order valence-corrected chi connectivity index (χ3v) is 6.95. The second-order valence-corrected chi connectivity index (χ2v) is 9.38. The van der Waals surface area contributed by atoms with Crippen LogP contribution >= 0.6 is 11.3 Å². The van der Waals surface area contributed by atoms with E-state index in [1.807, 2.05) is 0 Å². The monoisotopic (exact) mass is 508 g/mol. The summed E-state index contributed by atoms with van der Waals surface area (Å²) in [7, 11) is 1.19. The first-order valence-electron chi connectivity index (χ1n) is 10.7. The number of hydrogen-bond acceptors (Lipinski definition) is 8. The Morgan fingerprint density at radius 1 is 1.31 bits per heavy atom. The topological polar surface area (TPSA) is 104 Å². The van der Waals surface area contributed by atoms with Gasteiger partial charge in [0.05, 0.1) is 12.7 Å². The molecule has 2 N–H and O–H groups in total. The highest BCUT2D eigenvalue weighted by molar-refractivity contribution is 7.11. The first-order chi connectivity index (χ1) is 16.5. The van der Waals surface area contributed by atoms with Crippen LogP contribution in [0, 0.1) is 5.82 Å². The van der Waals surface area contributed by atoms with Gasteiger partial charge < -0.3 is 15.2 Å². The fourth-order valence-corrected chi connectivity index (χ4v) is 4.97. The minimum Gasteiger partial charge on any atom is -0.480 e. The second-order valence-electron chi connectivity index (χ2n) is 8.48. The number of aliphatic carboxylic acids is 1. The summed E-state index contributed by atoms with van der Waals surface area (Å²) in [6, 6.07) is 4.01. The van der Waals surface area contributed by atoms with Crippen LogP contribution in [0.3, 0.4) is 0 Å². The Hall–Kier alpha value is -3.25. The molecule has 2 aliphatic heterocycles. The van der Waals surface area contributed by atoms with Crippen molar-refractivity contribution in [2.45, 2.75) is 37.3 Å². The number of benzene rings is 1. The van der Waals surface area contributed by atoms with E-state index in [1.54, 1.807) is 18.5 Å². The Balaban J connectivity index is 1.84. The van der Waals surface area contributed by atoms with Crippen molar-refractivity contribution >= 4 is 29.1 Å². The van der Waals surface area contributed by atoms with Crippen LogP contribution in [0.15, 0.2) is 52.1 Å². The first-order valence-corrected chi connectivity index (χ1v) is 11.6. The molecule has 1 aromatic heterocycles. The number of esters is 1. The quantitative estimate of drug-likeness (QED) is 0.578. The molecule has 1 saturated heterocycles. The number of nitrogens with one attached hydrogen (secondary N) is 1. The van der Waals surface area contributed by atoms with Gasteiger partial charge in [0.25, 0.3) is 5.92 Å². The zero-order valence-electron chi connectivity index (χ0n) is 18.9. The third kappa shape index (κ3) is 4.94. The Kier molecular flexibility index (Phi) is 6.69. The SMILES string of the molecule is COC(=O)C1=C(CN2CCC(F)(F)CC2C(=O)O)NC(c2nccs2)=N[C@@]1(C)c1ccc(F)cc1. The molecule has 0 radical (unpaired) electrons. The van der Waals surface area contributed by atoms with E-state index in [0.717, 1.165) is 0 Å². The number of aliphatic imine (C=N–C) groups is 1. The maximum Gasteiger partial charge on any atom is 0.338 e. The Morgan fingerprint density at radius 2 is 2.03 bits per heavy atom. The van der Waals surface area contributed by atoms with E-state index in [-0.39, 0.29) is 24.4 Å². The van der Waals surface area contributed by atoms with Gasteiger partial charge in [-0.25, -0.2) is 27.9 Å². The molecule has 3 heterocycles. The maximum atomic E-state index is 14.0. The predicted octanol–water partition coefficient (Wildman–Crippen LogP) is 3.16. The highest BCUT2D eigenvalue weighted by Crippen LogP contribution is 2.40.